The lowest BCUT2D eigenvalue weighted by Gasteiger charge is -2.40. The molecule has 3 heterocycles. The number of nitrogens with zero attached hydrogens (tertiary/aromatic N) is 3. The fourth-order valence-electron chi connectivity index (χ4n) is 9.20. The maximum Gasteiger partial charge on any atom is 0.222 e. The van der Waals surface area contributed by atoms with Gasteiger partial charge in [-0.05, 0) is 68.6 Å². The van der Waals surface area contributed by atoms with E-state index in [1.165, 1.54) is 5.57 Å². The molecule has 0 saturated carbocycles. The highest BCUT2D eigenvalue weighted by Gasteiger charge is 2.66. The number of hydrogen-bond donors (Lipinski definition) is 4. The van der Waals surface area contributed by atoms with Crippen molar-refractivity contribution in [3.63, 3.8) is 0 Å². The number of imidazole rings is 1. The molecule has 0 radical (unpaired) electrons. The molecule has 1 saturated heterocycles. The van der Waals surface area contributed by atoms with Gasteiger partial charge in [0, 0.05) is 44.3 Å². The number of allylic oxidation sites excluding steroid dienone is 5. The molecule has 312 valence electrons. The van der Waals surface area contributed by atoms with Crippen molar-refractivity contribution in [1.29, 1.82) is 0 Å². The van der Waals surface area contributed by atoms with E-state index in [0.29, 0.717) is 51.1 Å². The lowest BCUT2D eigenvalue weighted by atomic mass is 9.64. The maximum absolute atomic E-state index is 14.0. The number of fused-ring (bicyclic) bond motifs is 7. The molecule has 2 aromatic heterocycles. The summed E-state index contributed by atoms with van der Waals surface area (Å²) in [4.78, 5) is 48.2. The summed E-state index contributed by atoms with van der Waals surface area (Å²) in [6, 6.07) is 7.85. The van der Waals surface area contributed by atoms with Gasteiger partial charge in [-0.15, -0.1) is 0 Å². The first-order valence-electron chi connectivity index (χ1n) is 21.6. The number of para-hydroxylation sites is 1. The molecular formula is C46H63N7O5. The van der Waals surface area contributed by atoms with E-state index >= 15 is 0 Å². The number of nitrogens with one attached hydrogen (secondary N) is 3. The quantitative estimate of drug-likeness (QED) is 0.0734. The predicted octanol–water partition coefficient (Wildman–Crippen LogP) is 6.58. The monoisotopic (exact) mass is 793 g/mol. The van der Waals surface area contributed by atoms with Crippen molar-refractivity contribution in [3.8, 4) is 0 Å². The van der Waals surface area contributed by atoms with E-state index in [4.69, 9.17) is 20.2 Å². The Bertz CT molecular complexity index is 2050. The second-order valence-electron chi connectivity index (χ2n) is 15.7. The minimum atomic E-state index is -0.529. The van der Waals surface area contributed by atoms with Crippen molar-refractivity contribution < 1.29 is 23.9 Å². The van der Waals surface area contributed by atoms with Gasteiger partial charge in [0.15, 0.2) is 11.6 Å². The predicted molar refractivity (Wildman–Crippen MR) is 230 cm³/mol. The summed E-state index contributed by atoms with van der Waals surface area (Å²) in [6.07, 6.45) is 21.9. The van der Waals surface area contributed by atoms with Crippen LogP contribution >= 0.6 is 0 Å². The molecule has 3 atom stereocenters. The molecule has 3 aliphatic rings. The van der Waals surface area contributed by atoms with Gasteiger partial charge < -0.3 is 30.4 Å². The van der Waals surface area contributed by atoms with Crippen LogP contribution in [0.3, 0.4) is 0 Å². The highest BCUT2D eigenvalue weighted by atomic mass is 16.5. The minimum Gasteiger partial charge on any atom is -0.382 e. The van der Waals surface area contributed by atoms with Crippen molar-refractivity contribution in [1.82, 2.24) is 30.5 Å². The molecule has 12 heteroatoms. The number of Topliss-reactive ketones (excluding diaryl/α,β-unsaturated/α-hetero) is 1. The summed E-state index contributed by atoms with van der Waals surface area (Å²) >= 11 is 0. The summed E-state index contributed by atoms with van der Waals surface area (Å²) in [5.74, 6) is 1.70. The first-order chi connectivity index (χ1) is 28.3. The molecule has 5 N–H and O–H groups in total. The van der Waals surface area contributed by atoms with Gasteiger partial charge in [0.25, 0.3) is 0 Å². The number of anilines is 1. The molecular weight excluding hydrogens is 731 g/mol. The number of carbonyl (C=O) groups excluding carboxylic acids is 3. The van der Waals surface area contributed by atoms with Gasteiger partial charge >= 0.3 is 0 Å². The number of rotatable bonds is 24. The number of hydrogen-bond acceptors (Lipinski definition) is 9. The maximum atomic E-state index is 14.0. The summed E-state index contributed by atoms with van der Waals surface area (Å²) in [6.45, 7) is 9.76. The van der Waals surface area contributed by atoms with Crippen LogP contribution in [-0.2, 0) is 36.8 Å². The van der Waals surface area contributed by atoms with E-state index in [1.54, 1.807) is 0 Å². The molecule has 58 heavy (non-hydrogen) atoms. The number of nitrogens with two attached hydrogens (primary N) is 1. The molecule has 12 nitrogen and oxygen atoms in total. The lowest BCUT2D eigenvalue weighted by molar-refractivity contribution is -0.126. The van der Waals surface area contributed by atoms with E-state index in [9.17, 15) is 14.4 Å². The summed E-state index contributed by atoms with van der Waals surface area (Å²) in [5.41, 5.74) is 10.4. The highest BCUT2D eigenvalue weighted by Crippen LogP contribution is 2.59. The van der Waals surface area contributed by atoms with Gasteiger partial charge in [0.2, 0.25) is 11.8 Å². The molecule has 2 bridgehead atoms. The molecule has 1 fully saturated rings. The molecule has 3 aromatic rings. The van der Waals surface area contributed by atoms with Gasteiger partial charge in [-0.2, -0.15) is 0 Å². The van der Waals surface area contributed by atoms with Crippen molar-refractivity contribution in [2.75, 3.05) is 45.3 Å². The first-order valence-corrected chi connectivity index (χ1v) is 21.6. The SMILES string of the molecule is CCCCc1nc2c(N)nc3ccccc3c2n1CCCCNC(=O)CCOCCOCCC(=O)NCCCCC1NC2(CC)C3=CC(=C/C=C\C=C/3)\C2(CC)C1=O. The van der Waals surface area contributed by atoms with Crippen LogP contribution in [0.25, 0.3) is 21.9 Å². The zero-order valence-electron chi connectivity index (χ0n) is 34.7. The van der Waals surface area contributed by atoms with Crippen LogP contribution in [0.15, 0.2) is 71.9 Å². The van der Waals surface area contributed by atoms with Crippen LogP contribution < -0.4 is 21.7 Å². The number of amides is 2. The third kappa shape index (κ3) is 9.14. The average Bonchev–Trinajstić information content (AvgIpc) is 3.81. The second kappa shape index (κ2) is 20.4. The van der Waals surface area contributed by atoms with E-state index in [0.717, 1.165) is 104 Å². The van der Waals surface area contributed by atoms with E-state index in [2.05, 4.69) is 76.6 Å². The molecule has 0 spiro atoms. The van der Waals surface area contributed by atoms with Crippen LogP contribution in [0, 0.1) is 5.41 Å². The number of unbranched alkanes of at least 4 members (excludes halogenated alkanes) is 3. The summed E-state index contributed by atoms with van der Waals surface area (Å²) in [5, 5.41) is 10.8. The number of nitrogen functional groups attached to an aromatic ring is 1. The highest BCUT2D eigenvalue weighted by molar-refractivity contribution is 6.06. The Morgan fingerprint density at radius 3 is 2.29 bits per heavy atom. The third-order valence-electron chi connectivity index (χ3n) is 12.2. The van der Waals surface area contributed by atoms with Crippen LogP contribution in [0.4, 0.5) is 5.82 Å². The molecule has 2 aliphatic carbocycles. The standard InChI is InChI=1S/C46H63N7O5/c1-4-7-22-38-51-41-42(35-19-11-12-20-36(35)50-44(41)47)53(38)27-16-15-26-49-40(55)24-29-58-31-30-57-28-23-39(54)48-25-14-13-21-37-43(56)45(5-2)33-17-9-8-10-18-34(32-33)46(45,6-3)52-37/h8-12,17-20,32,37,52H,4-7,13-16,21-31H2,1-3H3,(H2,47,50)(H,48,54)(H,49,55)/b9-8-,10-8?,17-9?,18-10-,33-17+,34-18?. The Kier molecular flexibility index (Phi) is 15.1. The van der Waals surface area contributed by atoms with Crippen LogP contribution in [0.2, 0.25) is 0 Å². The lowest BCUT2D eigenvalue weighted by Crippen LogP contribution is -2.52. The Balaban J connectivity index is 0.791. The minimum absolute atomic E-state index is 0.0407. The Morgan fingerprint density at radius 1 is 0.862 bits per heavy atom. The van der Waals surface area contributed by atoms with Crippen molar-refractivity contribution in [2.24, 2.45) is 5.41 Å². The molecule has 1 aliphatic heterocycles. The topological polar surface area (TPSA) is 162 Å². The molecule has 1 aromatic carbocycles. The van der Waals surface area contributed by atoms with Crippen molar-refractivity contribution >= 4 is 45.4 Å². The molecule has 3 unspecified atom stereocenters. The average molecular weight is 794 g/mol. The van der Waals surface area contributed by atoms with Gasteiger partial charge in [-0.25, -0.2) is 9.97 Å². The van der Waals surface area contributed by atoms with Crippen LogP contribution in [0.1, 0.15) is 97.2 Å². The van der Waals surface area contributed by atoms with Crippen LogP contribution in [-0.4, -0.2) is 83.2 Å². The Hall–Kier alpha value is -4.65. The van der Waals surface area contributed by atoms with Gasteiger partial charge in [0.1, 0.15) is 11.3 Å². The normalized spacial score (nSPS) is 22.9. The zero-order chi connectivity index (χ0) is 41.0. The fourth-order valence-corrected chi connectivity index (χ4v) is 9.20. The van der Waals surface area contributed by atoms with Gasteiger partial charge in [-0.1, -0.05) is 81.8 Å². The smallest absolute Gasteiger partial charge is 0.222 e. The largest absolute Gasteiger partial charge is 0.382 e. The third-order valence-corrected chi connectivity index (χ3v) is 12.2. The Morgan fingerprint density at radius 2 is 1.59 bits per heavy atom. The first kappa shape index (κ1) is 42.9. The zero-order valence-corrected chi connectivity index (χ0v) is 34.7. The summed E-state index contributed by atoms with van der Waals surface area (Å²) < 4.78 is 13.5. The number of carbonyl (C=O) groups is 3. The number of aromatic nitrogens is 3. The molecule has 2 amide bonds. The van der Waals surface area contributed by atoms with Crippen molar-refractivity contribution in [3.05, 3.63) is 77.7 Å². The van der Waals surface area contributed by atoms with E-state index in [-0.39, 0.29) is 36.2 Å². The van der Waals surface area contributed by atoms with Crippen LogP contribution in [0.5, 0.6) is 0 Å². The number of ketones is 1. The van der Waals surface area contributed by atoms with Gasteiger partial charge in [-0.3, -0.25) is 19.7 Å². The molecule has 6 rings (SSSR count). The number of pyridine rings is 1. The van der Waals surface area contributed by atoms with E-state index in [1.807, 2.05) is 30.4 Å². The van der Waals surface area contributed by atoms with Gasteiger partial charge in [0.05, 0.1) is 54.5 Å². The fraction of sp³-hybridized carbons (Fsp3) is 0.543. The number of aryl methyl sites for hydroxylation is 2. The second-order valence-corrected chi connectivity index (χ2v) is 15.7. The Labute approximate surface area is 343 Å². The van der Waals surface area contributed by atoms with Crippen molar-refractivity contribution in [2.45, 2.75) is 116 Å². The summed E-state index contributed by atoms with van der Waals surface area (Å²) in [7, 11) is 0. The number of ether oxygens (including phenoxy) is 2. The number of benzene rings is 1. The van der Waals surface area contributed by atoms with E-state index < -0.39 is 5.41 Å².